The number of nitrogens with zero attached hydrogens (tertiary/aromatic N) is 7. The summed E-state index contributed by atoms with van der Waals surface area (Å²) in [6, 6.07) is 2.04. The first-order valence-electron chi connectivity index (χ1n) is 10.9. The molecule has 0 bridgehead atoms. The van der Waals surface area contributed by atoms with Crippen LogP contribution in [0, 0.1) is 0 Å². The molecule has 2 aliphatic rings. The SMILES string of the molecule is CCc1nccc(CN2CCC[C@@H](c3nnc(CN4CCCCC4)n3C)C2)n1. The predicted octanol–water partition coefficient (Wildman–Crippen LogP) is 2.53. The topological polar surface area (TPSA) is 63.0 Å². The molecule has 0 aliphatic carbocycles. The van der Waals surface area contributed by atoms with Gasteiger partial charge in [-0.3, -0.25) is 9.80 Å². The predicted molar refractivity (Wildman–Crippen MR) is 109 cm³/mol. The van der Waals surface area contributed by atoms with E-state index in [0.717, 1.165) is 55.8 Å². The van der Waals surface area contributed by atoms with E-state index in [1.165, 1.54) is 45.2 Å². The normalized spacial score (nSPS) is 21.9. The third kappa shape index (κ3) is 4.58. The number of hydrogen-bond acceptors (Lipinski definition) is 6. The van der Waals surface area contributed by atoms with Crippen LogP contribution in [0.25, 0.3) is 0 Å². The van der Waals surface area contributed by atoms with Crippen molar-refractivity contribution >= 4 is 0 Å². The molecule has 7 nitrogen and oxygen atoms in total. The van der Waals surface area contributed by atoms with Gasteiger partial charge in [0.2, 0.25) is 0 Å². The second kappa shape index (κ2) is 9.09. The smallest absolute Gasteiger partial charge is 0.146 e. The second-order valence-electron chi connectivity index (χ2n) is 8.26. The molecule has 28 heavy (non-hydrogen) atoms. The van der Waals surface area contributed by atoms with Crippen LogP contribution in [0.5, 0.6) is 0 Å². The van der Waals surface area contributed by atoms with E-state index in [0.29, 0.717) is 5.92 Å². The summed E-state index contributed by atoms with van der Waals surface area (Å²) < 4.78 is 2.25. The van der Waals surface area contributed by atoms with E-state index < -0.39 is 0 Å². The minimum absolute atomic E-state index is 0.453. The van der Waals surface area contributed by atoms with Gasteiger partial charge in [0.15, 0.2) is 0 Å². The summed E-state index contributed by atoms with van der Waals surface area (Å²) in [5.74, 6) is 3.64. The number of hydrogen-bond donors (Lipinski definition) is 0. The Balaban J connectivity index is 1.40. The molecule has 0 amide bonds. The molecule has 4 heterocycles. The lowest BCUT2D eigenvalue weighted by Crippen LogP contribution is -2.35. The molecule has 2 aromatic rings. The summed E-state index contributed by atoms with van der Waals surface area (Å²) in [7, 11) is 2.14. The Kier molecular flexibility index (Phi) is 6.32. The largest absolute Gasteiger partial charge is 0.317 e. The third-order valence-electron chi connectivity index (χ3n) is 6.15. The van der Waals surface area contributed by atoms with Gasteiger partial charge in [0.1, 0.15) is 17.5 Å². The lowest BCUT2D eigenvalue weighted by atomic mass is 9.97. The Hall–Kier alpha value is -1.86. The van der Waals surface area contributed by atoms with Gasteiger partial charge in [-0.15, -0.1) is 10.2 Å². The fourth-order valence-electron chi connectivity index (χ4n) is 4.52. The highest BCUT2D eigenvalue weighted by atomic mass is 15.3. The summed E-state index contributed by atoms with van der Waals surface area (Å²) in [4.78, 5) is 14.0. The van der Waals surface area contributed by atoms with E-state index in [-0.39, 0.29) is 0 Å². The molecule has 2 aliphatic heterocycles. The van der Waals surface area contributed by atoms with Crippen LogP contribution in [-0.2, 0) is 26.6 Å². The van der Waals surface area contributed by atoms with Crippen molar-refractivity contribution in [2.24, 2.45) is 7.05 Å². The highest BCUT2D eigenvalue weighted by Gasteiger charge is 2.26. The van der Waals surface area contributed by atoms with Crippen LogP contribution in [-0.4, -0.2) is 60.7 Å². The Morgan fingerprint density at radius 2 is 1.82 bits per heavy atom. The van der Waals surface area contributed by atoms with Gasteiger partial charge in [-0.1, -0.05) is 13.3 Å². The number of rotatable bonds is 6. The summed E-state index contributed by atoms with van der Waals surface area (Å²) in [6.45, 7) is 8.47. The van der Waals surface area contributed by atoms with E-state index in [9.17, 15) is 0 Å². The van der Waals surface area contributed by atoms with E-state index in [1.807, 2.05) is 12.3 Å². The van der Waals surface area contributed by atoms with Crippen molar-refractivity contribution in [3.05, 3.63) is 35.4 Å². The van der Waals surface area contributed by atoms with Gasteiger partial charge < -0.3 is 4.57 Å². The maximum atomic E-state index is 4.68. The van der Waals surface area contributed by atoms with Gasteiger partial charge in [0.05, 0.1) is 12.2 Å². The third-order valence-corrected chi connectivity index (χ3v) is 6.15. The summed E-state index contributed by atoms with van der Waals surface area (Å²) in [5, 5.41) is 9.16. The van der Waals surface area contributed by atoms with Crippen LogP contribution in [0.2, 0.25) is 0 Å². The zero-order chi connectivity index (χ0) is 19.3. The number of aromatic nitrogens is 5. The monoisotopic (exact) mass is 383 g/mol. The van der Waals surface area contributed by atoms with Crippen LogP contribution in [0.3, 0.4) is 0 Å². The molecule has 2 fully saturated rings. The standard InChI is InChI=1S/C21H33N7/c1-3-19-22-10-9-18(23-19)15-28-13-7-8-17(14-28)21-25-24-20(26(21)2)16-27-11-5-4-6-12-27/h9-10,17H,3-8,11-16H2,1-2H3/t17-/m1/s1. The van der Waals surface area contributed by atoms with Crippen LogP contribution < -0.4 is 0 Å². The highest BCUT2D eigenvalue weighted by molar-refractivity contribution is 5.06. The summed E-state index contributed by atoms with van der Waals surface area (Å²) in [5.41, 5.74) is 1.12. The van der Waals surface area contributed by atoms with Crippen LogP contribution in [0.15, 0.2) is 12.3 Å². The molecule has 4 rings (SSSR count). The Bertz CT molecular complexity index is 766. The minimum Gasteiger partial charge on any atom is -0.317 e. The zero-order valence-electron chi connectivity index (χ0n) is 17.3. The second-order valence-corrected chi connectivity index (χ2v) is 8.26. The first-order valence-corrected chi connectivity index (χ1v) is 10.9. The van der Waals surface area contributed by atoms with Gasteiger partial charge >= 0.3 is 0 Å². The molecule has 0 spiro atoms. The van der Waals surface area contributed by atoms with E-state index in [2.05, 4.69) is 48.5 Å². The Labute approximate surface area is 168 Å². The van der Waals surface area contributed by atoms with E-state index in [1.54, 1.807) is 0 Å². The van der Waals surface area contributed by atoms with Crippen molar-refractivity contribution in [1.29, 1.82) is 0 Å². The average Bonchev–Trinajstić information content (AvgIpc) is 3.09. The van der Waals surface area contributed by atoms with Crippen molar-refractivity contribution in [2.75, 3.05) is 26.2 Å². The van der Waals surface area contributed by atoms with Gasteiger partial charge in [-0.2, -0.15) is 0 Å². The number of likely N-dealkylation sites (tertiary alicyclic amines) is 2. The molecule has 2 aromatic heterocycles. The first kappa shape index (κ1) is 19.5. The first-order chi connectivity index (χ1) is 13.7. The van der Waals surface area contributed by atoms with Crippen LogP contribution >= 0.6 is 0 Å². The molecule has 7 heteroatoms. The maximum Gasteiger partial charge on any atom is 0.146 e. The van der Waals surface area contributed by atoms with Crippen molar-refractivity contribution in [2.45, 2.75) is 64.5 Å². The van der Waals surface area contributed by atoms with Crippen LogP contribution in [0.4, 0.5) is 0 Å². The van der Waals surface area contributed by atoms with E-state index in [4.69, 9.17) is 0 Å². The van der Waals surface area contributed by atoms with Crippen LogP contribution in [0.1, 0.15) is 68.1 Å². The Morgan fingerprint density at radius 1 is 1.00 bits per heavy atom. The molecule has 0 N–H and O–H groups in total. The molecule has 152 valence electrons. The summed E-state index contributed by atoms with van der Waals surface area (Å²) >= 11 is 0. The molecular formula is C21H33N7. The molecule has 0 unspecified atom stereocenters. The molecule has 0 radical (unpaired) electrons. The van der Waals surface area contributed by atoms with Crippen molar-refractivity contribution in [3.63, 3.8) is 0 Å². The number of aryl methyl sites for hydroxylation is 1. The molecule has 0 saturated carbocycles. The molecular weight excluding hydrogens is 350 g/mol. The van der Waals surface area contributed by atoms with Gasteiger partial charge in [-0.25, -0.2) is 9.97 Å². The van der Waals surface area contributed by atoms with Gasteiger partial charge in [0, 0.05) is 38.7 Å². The minimum atomic E-state index is 0.453. The summed E-state index contributed by atoms with van der Waals surface area (Å²) in [6.07, 6.45) is 9.15. The quantitative estimate of drug-likeness (QED) is 0.764. The van der Waals surface area contributed by atoms with Crippen molar-refractivity contribution in [1.82, 2.24) is 34.5 Å². The van der Waals surface area contributed by atoms with E-state index >= 15 is 0 Å². The molecule has 2 saturated heterocycles. The lowest BCUT2D eigenvalue weighted by Gasteiger charge is -2.32. The lowest BCUT2D eigenvalue weighted by molar-refractivity contribution is 0.192. The molecule has 1 atom stereocenters. The van der Waals surface area contributed by atoms with Crippen molar-refractivity contribution < 1.29 is 0 Å². The zero-order valence-corrected chi connectivity index (χ0v) is 17.3. The fraction of sp³-hybridized carbons (Fsp3) is 0.714. The van der Waals surface area contributed by atoms with Crippen molar-refractivity contribution in [3.8, 4) is 0 Å². The van der Waals surface area contributed by atoms with Gasteiger partial charge in [0.25, 0.3) is 0 Å². The number of piperidine rings is 2. The highest BCUT2D eigenvalue weighted by Crippen LogP contribution is 2.27. The average molecular weight is 384 g/mol. The Morgan fingerprint density at radius 3 is 2.64 bits per heavy atom. The van der Waals surface area contributed by atoms with Gasteiger partial charge in [-0.05, 0) is 51.4 Å². The molecule has 0 aromatic carbocycles. The maximum absolute atomic E-state index is 4.68. The fourth-order valence-corrected chi connectivity index (χ4v) is 4.52.